The molecule has 1 unspecified atom stereocenters. The number of carbonyl (C=O) groups is 1. The van der Waals surface area contributed by atoms with Gasteiger partial charge in [-0.15, -0.1) is 0 Å². The molecule has 2 heterocycles. The van der Waals surface area contributed by atoms with Gasteiger partial charge in [0.25, 0.3) is 0 Å². The van der Waals surface area contributed by atoms with Crippen LogP contribution in [0, 0.1) is 0 Å². The maximum Gasteiger partial charge on any atom is 0.244 e. The van der Waals surface area contributed by atoms with E-state index in [-0.39, 0.29) is 40.0 Å². The van der Waals surface area contributed by atoms with Crippen molar-refractivity contribution in [2.75, 3.05) is 13.1 Å². The monoisotopic (exact) mass is 543 g/mol. The third kappa shape index (κ3) is 4.78. The molecule has 1 atom stereocenters. The quantitative estimate of drug-likeness (QED) is 0.488. The second-order valence-electron chi connectivity index (χ2n) is 9.28. The van der Waals surface area contributed by atoms with E-state index in [2.05, 4.69) is 5.32 Å². The van der Waals surface area contributed by atoms with Gasteiger partial charge in [-0.1, -0.05) is 89.9 Å². The average molecular weight is 545 g/mol. The van der Waals surface area contributed by atoms with E-state index >= 15 is 0 Å². The summed E-state index contributed by atoms with van der Waals surface area (Å²) in [5.74, 6) is 0.0388. The van der Waals surface area contributed by atoms with Crippen molar-refractivity contribution in [3.63, 3.8) is 0 Å². The van der Waals surface area contributed by atoms with Gasteiger partial charge in [-0.05, 0) is 42.5 Å². The largest absolute Gasteiger partial charge is 0.319 e. The normalized spacial score (nSPS) is 20.2. The molecule has 2 aliphatic rings. The minimum absolute atomic E-state index is 0.00571. The summed E-state index contributed by atoms with van der Waals surface area (Å²) in [6.45, 7) is 0.981. The van der Waals surface area contributed by atoms with Crippen LogP contribution in [-0.2, 0) is 27.8 Å². The molecule has 1 amide bonds. The number of benzene rings is 3. The molecule has 0 aromatic heterocycles. The lowest BCUT2D eigenvalue weighted by Gasteiger charge is -2.44. The predicted molar refractivity (Wildman–Crippen MR) is 141 cm³/mol. The van der Waals surface area contributed by atoms with E-state index in [0.29, 0.717) is 25.8 Å². The fourth-order valence-corrected chi connectivity index (χ4v) is 7.36. The standard InChI is InChI=1S/C27H27Cl2N3O3S/c28-22-12-7-13-24(25(22)29)36(34,35)31-16-14-27(15-17-31)30-23(18-20-8-3-1-4-9-20)26(33)32(27)19-21-10-5-2-6-11-21/h1-13,23,30H,14-19H2. The molecule has 188 valence electrons. The lowest BCUT2D eigenvalue weighted by Crippen LogP contribution is -2.59. The van der Waals surface area contributed by atoms with Gasteiger partial charge in [0.1, 0.15) is 4.90 Å². The minimum Gasteiger partial charge on any atom is -0.319 e. The smallest absolute Gasteiger partial charge is 0.244 e. The molecule has 0 saturated carbocycles. The van der Waals surface area contributed by atoms with Crippen molar-refractivity contribution >= 4 is 39.1 Å². The molecule has 3 aromatic carbocycles. The molecular formula is C27H27Cl2N3O3S. The van der Waals surface area contributed by atoms with Crippen LogP contribution >= 0.6 is 23.2 Å². The van der Waals surface area contributed by atoms with Crippen LogP contribution in [0.15, 0.2) is 83.8 Å². The van der Waals surface area contributed by atoms with Crippen LogP contribution in [0.5, 0.6) is 0 Å². The van der Waals surface area contributed by atoms with Gasteiger partial charge in [-0.2, -0.15) is 4.31 Å². The highest BCUT2D eigenvalue weighted by Gasteiger charge is 2.52. The van der Waals surface area contributed by atoms with E-state index in [0.717, 1.165) is 11.1 Å². The maximum atomic E-state index is 13.7. The molecule has 1 spiro atoms. The van der Waals surface area contributed by atoms with Crippen molar-refractivity contribution < 1.29 is 13.2 Å². The maximum absolute atomic E-state index is 13.7. The van der Waals surface area contributed by atoms with E-state index in [9.17, 15) is 13.2 Å². The van der Waals surface area contributed by atoms with Gasteiger partial charge in [0.05, 0.1) is 21.7 Å². The topological polar surface area (TPSA) is 69.7 Å². The average Bonchev–Trinajstić information content (AvgIpc) is 3.12. The zero-order valence-electron chi connectivity index (χ0n) is 19.6. The molecule has 0 aliphatic carbocycles. The second-order valence-corrected chi connectivity index (χ2v) is 12.0. The molecule has 2 aliphatic heterocycles. The summed E-state index contributed by atoms with van der Waals surface area (Å²) in [4.78, 5) is 15.6. The molecule has 6 nitrogen and oxygen atoms in total. The number of sulfonamides is 1. The number of hydrogen-bond acceptors (Lipinski definition) is 4. The fourth-order valence-electron chi connectivity index (χ4n) is 5.18. The first-order valence-electron chi connectivity index (χ1n) is 11.9. The summed E-state index contributed by atoms with van der Waals surface area (Å²) in [6.07, 6.45) is 1.51. The summed E-state index contributed by atoms with van der Waals surface area (Å²) in [5, 5.41) is 3.85. The van der Waals surface area contributed by atoms with Crippen LogP contribution in [-0.4, -0.2) is 48.3 Å². The van der Waals surface area contributed by atoms with Crippen LogP contribution in [0.25, 0.3) is 0 Å². The lowest BCUT2D eigenvalue weighted by molar-refractivity contribution is -0.134. The molecule has 3 aromatic rings. The molecule has 0 bridgehead atoms. The molecular weight excluding hydrogens is 517 g/mol. The molecule has 0 radical (unpaired) electrons. The van der Waals surface area contributed by atoms with E-state index in [1.54, 1.807) is 12.1 Å². The minimum atomic E-state index is -3.83. The van der Waals surface area contributed by atoms with Crippen LogP contribution in [0.1, 0.15) is 24.0 Å². The van der Waals surface area contributed by atoms with Gasteiger partial charge in [-0.3, -0.25) is 10.1 Å². The van der Waals surface area contributed by atoms with Crippen molar-refractivity contribution in [2.24, 2.45) is 0 Å². The predicted octanol–water partition coefficient (Wildman–Crippen LogP) is 4.72. The number of rotatable bonds is 6. The zero-order valence-corrected chi connectivity index (χ0v) is 21.9. The fraction of sp³-hybridized carbons (Fsp3) is 0.296. The first kappa shape index (κ1) is 25.2. The van der Waals surface area contributed by atoms with Crippen molar-refractivity contribution in [1.29, 1.82) is 0 Å². The number of nitrogens with one attached hydrogen (secondary N) is 1. The molecule has 9 heteroatoms. The number of nitrogens with zero attached hydrogens (tertiary/aromatic N) is 2. The van der Waals surface area contributed by atoms with Crippen LogP contribution in [0.2, 0.25) is 10.0 Å². The molecule has 5 rings (SSSR count). The Morgan fingerprint density at radius 3 is 2.11 bits per heavy atom. The van der Waals surface area contributed by atoms with E-state index < -0.39 is 15.7 Å². The summed E-state index contributed by atoms with van der Waals surface area (Å²) >= 11 is 12.3. The highest BCUT2D eigenvalue weighted by Crippen LogP contribution is 2.38. The van der Waals surface area contributed by atoms with Gasteiger partial charge in [0, 0.05) is 19.6 Å². The first-order chi connectivity index (χ1) is 17.3. The Kier molecular flexibility index (Phi) is 7.12. The third-order valence-electron chi connectivity index (χ3n) is 7.07. The van der Waals surface area contributed by atoms with Crippen molar-refractivity contribution in [3.8, 4) is 0 Å². The molecule has 36 heavy (non-hydrogen) atoms. The summed E-state index contributed by atoms with van der Waals surface area (Å²) < 4.78 is 28.2. The Morgan fingerprint density at radius 2 is 1.47 bits per heavy atom. The Morgan fingerprint density at radius 1 is 0.861 bits per heavy atom. The second kappa shape index (κ2) is 10.1. The number of piperidine rings is 1. The molecule has 2 saturated heterocycles. The summed E-state index contributed by atoms with van der Waals surface area (Å²) in [6, 6.07) is 24.1. The summed E-state index contributed by atoms with van der Waals surface area (Å²) in [7, 11) is -3.83. The molecule has 2 fully saturated rings. The first-order valence-corrected chi connectivity index (χ1v) is 14.1. The van der Waals surface area contributed by atoms with Gasteiger partial charge in [0.15, 0.2) is 0 Å². The molecule has 1 N–H and O–H groups in total. The zero-order chi connectivity index (χ0) is 25.3. The van der Waals surface area contributed by atoms with Crippen molar-refractivity contribution in [1.82, 2.24) is 14.5 Å². The Labute approximate surface area is 221 Å². The van der Waals surface area contributed by atoms with E-state index in [1.807, 2.05) is 65.6 Å². The van der Waals surface area contributed by atoms with Crippen molar-refractivity contribution in [3.05, 3.63) is 100 Å². The highest BCUT2D eigenvalue weighted by atomic mass is 35.5. The number of carbonyl (C=O) groups excluding carboxylic acids is 1. The van der Waals surface area contributed by atoms with Gasteiger partial charge >= 0.3 is 0 Å². The van der Waals surface area contributed by atoms with Gasteiger partial charge in [0.2, 0.25) is 15.9 Å². The number of amides is 1. The van der Waals surface area contributed by atoms with Gasteiger partial charge < -0.3 is 4.90 Å². The van der Waals surface area contributed by atoms with Crippen LogP contribution < -0.4 is 5.32 Å². The van der Waals surface area contributed by atoms with E-state index in [1.165, 1.54) is 10.4 Å². The third-order valence-corrected chi connectivity index (χ3v) is 9.95. The van der Waals surface area contributed by atoms with Crippen LogP contribution in [0.3, 0.4) is 0 Å². The number of hydrogen-bond donors (Lipinski definition) is 1. The Bertz CT molecular complexity index is 1350. The van der Waals surface area contributed by atoms with Gasteiger partial charge in [-0.25, -0.2) is 8.42 Å². The highest BCUT2D eigenvalue weighted by molar-refractivity contribution is 7.89. The number of halogens is 2. The van der Waals surface area contributed by atoms with Crippen LogP contribution in [0.4, 0.5) is 0 Å². The summed E-state index contributed by atoms with van der Waals surface area (Å²) in [5.41, 5.74) is 1.49. The Balaban J connectivity index is 1.40. The lowest BCUT2D eigenvalue weighted by atomic mass is 9.96. The SMILES string of the molecule is O=C1C(Cc2ccccc2)NC2(CCN(S(=O)(=O)c3cccc(Cl)c3Cl)CC2)N1Cc1ccccc1. The van der Waals surface area contributed by atoms with E-state index in [4.69, 9.17) is 23.2 Å². The van der Waals surface area contributed by atoms with Crippen molar-refractivity contribution in [2.45, 2.75) is 42.4 Å². The Hall–Kier alpha value is -2.42.